The second kappa shape index (κ2) is 6.40. The van der Waals surface area contributed by atoms with Crippen LogP contribution in [0.1, 0.15) is 31.2 Å². The highest BCUT2D eigenvalue weighted by molar-refractivity contribution is 5.31. The Labute approximate surface area is 116 Å². The van der Waals surface area contributed by atoms with Gasteiger partial charge in [0.05, 0.1) is 5.60 Å². The first kappa shape index (κ1) is 14.4. The minimum atomic E-state index is -0.461. The van der Waals surface area contributed by atoms with Gasteiger partial charge >= 0.3 is 0 Å². The minimum absolute atomic E-state index is 0.461. The van der Waals surface area contributed by atoms with E-state index in [0.29, 0.717) is 6.61 Å². The molecule has 0 aromatic heterocycles. The van der Waals surface area contributed by atoms with E-state index in [2.05, 4.69) is 24.9 Å². The van der Waals surface area contributed by atoms with Crippen LogP contribution in [0.25, 0.3) is 0 Å². The van der Waals surface area contributed by atoms with Crippen LogP contribution in [0.2, 0.25) is 0 Å². The molecule has 1 aromatic carbocycles. The lowest BCUT2D eigenvalue weighted by molar-refractivity contribution is 0.0138. The van der Waals surface area contributed by atoms with Crippen LogP contribution in [-0.2, 0) is 0 Å². The van der Waals surface area contributed by atoms with Gasteiger partial charge in [-0.3, -0.25) is 0 Å². The molecule has 1 aliphatic carbocycles. The molecule has 3 nitrogen and oxygen atoms in total. The Bertz CT molecular complexity index is 399. The van der Waals surface area contributed by atoms with E-state index in [1.165, 1.54) is 5.56 Å². The van der Waals surface area contributed by atoms with E-state index in [4.69, 9.17) is 4.74 Å². The second-order valence-electron chi connectivity index (χ2n) is 5.78. The zero-order chi connectivity index (χ0) is 13.7. The van der Waals surface area contributed by atoms with Gasteiger partial charge in [0, 0.05) is 13.1 Å². The van der Waals surface area contributed by atoms with E-state index >= 15 is 0 Å². The van der Waals surface area contributed by atoms with Gasteiger partial charge in [0.15, 0.2) is 0 Å². The van der Waals surface area contributed by atoms with Crippen molar-refractivity contribution in [3.8, 4) is 5.75 Å². The average Bonchev–Trinajstić information content (AvgIpc) is 2.78. The summed E-state index contributed by atoms with van der Waals surface area (Å²) in [4.78, 5) is 2.17. The zero-order valence-corrected chi connectivity index (χ0v) is 12.1. The summed E-state index contributed by atoms with van der Waals surface area (Å²) in [6.07, 6.45) is 4.19. The first-order valence-corrected chi connectivity index (χ1v) is 7.18. The van der Waals surface area contributed by atoms with Crippen LogP contribution in [0.3, 0.4) is 0 Å². The number of aliphatic hydroxyl groups is 1. The van der Waals surface area contributed by atoms with Gasteiger partial charge in [-0.25, -0.2) is 0 Å². The van der Waals surface area contributed by atoms with Gasteiger partial charge in [0.25, 0.3) is 0 Å². The highest BCUT2D eigenvalue weighted by Gasteiger charge is 2.31. The van der Waals surface area contributed by atoms with Crippen LogP contribution < -0.4 is 4.74 Å². The molecule has 1 N–H and O–H groups in total. The summed E-state index contributed by atoms with van der Waals surface area (Å²) >= 11 is 0. The molecule has 0 bridgehead atoms. The Hall–Kier alpha value is -1.06. The van der Waals surface area contributed by atoms with Gasteiger partial charge in [-0.1, -0.05) is 31.0 Å². The third kappa shape index (κ3) is 4.22. The van der Waals surface area contributed by atoms with Crippen LogP contribution >= 0.6 is 0 Å². The van der Waals surface area contributed by atoms with Gasteiger partial charge in [-0.15, -0.1) is 0 Å². The van der Waals surface area contributed by atoms with Gasteiger partial charge in [0.2, 0.25) is 0 Å². The van der Waals surface area contributed by atoms with E-state index in [9.17, 15) is 5.11 Å². The topological polar surface area (TPSA) is 32.7 Å². The summed E-state index contributed by atoms with van der Waals surface area (Å²) in [6.45, 7) is 4.32. The maximum Gasteiger partial charge on any atom is 0.122 e. The number of hydrogen-bond donors (Lipinski definition) is 1. The Kier molecular flexibility index (Phi) is 4.83. The number of rotatable bonds is 6. The van der Waals surface area contributed by atoms with Crippen LogP contribution in [0.4, 0.5) is 0 Å². The molecule has 19 heavy (non-hydrogen) atoms. The number of aryl methyl sites for hydroxylation is 1. The van der Waals surface area contributed by atoms with E-state index < -0.39 is 5.60 Å². The maximum absolute atomic E-state index is 10.3. The smallest absolute Gasteiger partial charge is 0.122 e. The number of likely N-dealkylation sites (N-methyl/N-ethyl adjacent to an activating group) is 1. The molecular formula is C16H25NO2. The van der Waals surface area contributed by atoms with Gasteiger partial charge in [0.1, 0.15) is 12.4 Å². The van der Waals surface area contributed by atoms with Gasteiger partial charge in [-0.2, -0.15) is 0 Å². The van der Waals surface area contributed by atoms with Crippen molar-refractivity contribution in [2.75, 3.05) is 26.7 Å². The lowest BCUT2D eigenvalue weighted by Crippen LogP contribution is -2.40. The van der Waals surface area contributed by atoms with Gasteiger partial charge < -0.3 is 14.7 Å². The normalized spacial score (nSPS) is 17.9. The number of benzene rings is 1. The summed E-state index contributed by atoms with van der Waals surface area (Å²) in [6, 6.07) is 8.07. The monoisotopic (exact) mass is 263 g/mol. The summed E-state index contributed by atoms with van der Waals surface area (Å²) < 4.78 is 5.78. The molecule has 0 atom stereocenters. The van der Waals surface area contributed by atoms with Crippen LogP contribution in [-0.4, -0.2) is 42.4 Å². The highest BCUT2D eigenvalue weighted by Crippen LogP contribution is 2.29. The number of ether oxygens (including phenoxy) is 1. The van der Waals surface area contributed by atoms with Crippen molar-refractivity contribution in [2.24, 2.45) is 0 Å². The maximum atomic E-state index is 10.3. The second-order valence-corrected chi connectivity index (χ2v) is 5.78. The quantitative estimate of drug-likeness (QED) is 0.856. The molecule has 0 spiro atoms. The molecule has 0 saturated heterocycles. The molecule has 0 amide bonds. The third-order valence-corrected chi connectivity index (χ3v) is 3.92. The molecular weight excluding hydrogens is 238 g/mol. The number of para-hydroxylation sites is 1. The molecule has 0 aliphatic heterocycles. The SMILES string of the molecule is Cc1ccccc1OCCN(C)CC1(O)CCCC1. The molecule has 3 heteroatoms. The standard InChI is InChI=1S/C16H25NO2/c1-14-7-3-4-8-15(14)19-12-11-17(2)13-16(18)9-5-6-10-16/h3-4,7-8,18H,5-6,9-13H2,1-2H3. The fourth-order valence-corrected chi connectivity index (χ4v) is 2.80. The molecule has 0 unspecified atom stereocenters. The number of hydrogen-bond acceptors (Lipinski definition) is 3. The molecule has 1 saturated carbocycles. The third-order valence-electron chi connectivity index (χ3n) is 3.92. The number of nitrogens with zero attached hydrogens (tertiary/aromatic N) is 1. The fraction of sp³-hybridized carbons (Fsp3) is 0.625. The Morgan fingerprint density at radius 3 is 2.63 bits per heavy atom. The van der Waals surface area contributed by atoms with Crippen molar-refractivity contribution in [2.45, 2.75) is 38.2 Å². The lowest BCUT2D eigenvalue weighted by atomic mass is 10.0. The van der Waals surface area contributed by atoms with E-state index in [0.717, 1.165) is 44.5 Å². The first-order chi connectivity index (χ1) is 9.09. The first-order valence-electron chi connectivity index (χ1n) is 7.18. The fourth-order valence-electron chi connectivity index (χ4n) is 2.80. The molecule has 2 rings (SSSR count). The summed E-state index contributed by atoms with van der Waals surface area (Å²) in [5.41, 5.74) is 0.705. The summed E-state index contributed by atoms with van der Waals surface area (Å²) in [5, 5.41) is 10.3. The van der Waals surface area contributed by atoms with Crippen molar-refractivity contribution in [1.29, 1.82) is 0 Å². The molecule has 1 aliphatic rings. The van der Waals surface area contributed by atoms with Crippen molar-refractivity contribution < 1.29 is 9.84 Å². The van der Waals surface area contributed by atoms with Crippen molar-refractivity contribution in [3.05, 3.63) is 29.8 Å². The van der Waals surface area contributed by atoms with E-state index in [-0.39, 0.29) is 0 Å². The van der Waals surface area contributed by atoms with Crippen molar-refractivity contribution in [1.82, 2.24) is 4.90 Å². The molecule has 106 valence electrons. The average molecular weight is 263 g/mol. The molecule has 0 radical (unpaired) electrons. The zero-order valence-electron chi connectivity index (χ0n) is 12.1. The Balaban J connectivity index is 1.72. The molecule has 0 heterocycles. The summed E-state index contributed by atoms with van der Waals surface area (Å²) in [7, 11) is 2.05. The Morgan fingerprint density at radius 1 is 1.26 bits per heavy atom. The van der Waals surface area contributed by atoms with Crippen LogP contribution in [0, 0.1) is 6.92 Å². The van der Waals surface area contributed by atoms with Crippen molar-refractivity contribution >= 4 is 0 Å². The predicted molar refractivity (Wildman–Crippen MR) is 77.6 cm³/mol. The Morgan fingerprint density at radius 2 is 1.95 bits per heavy atom. The largest absolute Gasteiger partial charge is 0.492 e. The van der Waals surface area contributed by atoms with Gasteiger partial charge in [-0.05, 0) is 38.4 Å². The van der Waals surface area contributed by atoms with E-state index in [1.54, 1.807) is 0 Å². The lowest BCUT2D eigenvalue weighted by Gasteiger charge is -2.28. The molecule has 1 aromatic rings. The summed E-state index contributed by atoms with van der Waals surface area (Å²) in [5.74, 6) is 0.954. The van der Waals surface area contributed by atoms with Crippen LogP contribution in [0.15, 0.2) is 24.3 Å². The van der Waals surface area contributed by atoms with Crippen LogP contribution in [0.5, 0.6) is 5.75 Å². The molecule has 1 fully saturated rings. The predicted octanol–water partition coefficient (Wildman–Crippen LogP) is 2.61. The minimum Gasteiger partial charge on any atom is -0.492 e. The highest BCUT2D eigenvalue weighted by atomic mass is 16.5. The van der Waals surface area contributed by atoms with E-state index in [1.807, 2.05) is 18.2 Å². The van der Waals surface area contributed by atoms with Crippen molar-refractivity contribution in [3.63, 3.8) is 0 Å².